The lowest BCUT2D eigenvalue weighted by Crippen LogP contribution is -2.53. The molecule has 0 heterocycles. The molecule has 0 aromatic rings. The zero-order chi connectivity index (χ0) is 13.5. The number of hydrogen-bond donors (Lipinski definition) is 0. The van der Waals surface area contributed by atoms with Crippen LogP contribution in [0.15, 0.2) is 22.7 Å². The van der Waals surface area contributed by atoms with E-state index in [4.69, 9.17) is 4.74 Å². The molecule has 1 aliphatic carbocycles. The Labute approximate surface area is 114 Å². The van der Waals surface area contributed by atoms with Crippen LogP contribution >= 0.6 is 15.9 Å². The molecule has 0 saturated heterocycles. The summed E-state index contributed by atoms with van der Waals surface area (Å²) in [6.07, 6.45) is 6.61. The van der Waals surface area contributed by atoms with Crippen molar-refractivity contribution in [1.82, 2.24) is 0 Å². The maximum atomic E-state index is 5.98. The second-order valence-electron chi connectivity index (χ2n) is 6.98. The van der Waals surface area contributed by atoms with Crippen molar-refractivity contribution < 1.29 is 4.74 Å². The van der Waals surface area contributed by atoms with E-state index in [0.717, 1.165) is 4.48 Å². The van der Waals surface area contributed by atoms with Crippen molar-refractivity contribution in [2.24, 2.45) is 16.7 Å². The van der Waals surface area contributed by atoms with E-state index >= 15 is 0 Å². The molecule has 0 aromatic heterocycles. The zero-order valence-electron chi connectivity index (χ0n) is 12.1. The minimum atomic E-state index is -0.248. The summed E-state index contributed by atoms with van der Waals surface area (Å²) in [5.74, 6) is 0.347. The minimum Gasteiger partial charge on any atom is -0.373 e. The fraction of sp³-hybridized carbons (Fsp3) is 0.733. The van der Waals surface area contributed by atoms with E-state index in [9.17, 15) is 0 Å². The van der Waals surface area contributed by atoms with Crippen molar-refractivity contribution in [3.05, 3.63) is 22.7 Å². The standard InChI is InChI=1S/C15H25BrO/c1-13(2,3)12-10-11(16)8-9-15(12,17-7)14(4,5)6/h8-10,12H,1-7H3. The third kappa shape index (κ3) is 2.68. The molecule has 1 nitrogen and oxygen atoms in total. The molecular weight excluding hydrogens is 276 g/mol. The molecule has 1 rings (SSSR count). The molecule has 0 spiro atoms. The van der Waals surface area contributed by atoms with Crippen molar-refractivity contribution in [3.63, 3.8) is 0 Å². The number of ether oxygens (including phenoxy) is 1. The van der Waals surface area contributed by atoms with E-state index in [2.05, 4.69) is 75.7 Å². The summed E-state index contributed by atoms with van der Waals surface area (Å²) in [6, 6.07) is 0. The molecule has 0 saturated carbocycles. The zero-order valence-corrected chi connectivity index (χ0v) is 13.7. The Morgan fingerprint density at radius 3 is 2.06 bits per heavy atom. The van der Waals surface area contributed by atoms with Gasteiger partial charge in [0.1, 0.15) is 0 Å². The Bertz CT molecular complexity index is 341. The van der Waals surface area contributed by atoms with Crippen molar-refractivity contribution in [2.75, 3.05) is 7.11 Å². The van der Waals surface area contributed by atoms with E-state index in [0.29, 0.717) is 5.92 Å². The van der Waals surface area contributed by atoms with Gasteiger partial charge in [0.2, 0.25) is 0 Å². The minimum absolute atomic E-state index is 0.0559. The Kier molecular flexibility index (Phi) is 4.01. The molecule has 2 unspecified atom stereocenters. The van der Waals surface area contributed by atoms with Crippen LogP contribution in [0.3, 0.4) is 0 Å². The molecular formula is C15H25BrO. The quantitative estimate of drug-likeness (QED) is 0.667. The van der Waals surface area contributed by atoms with Gasteiger partial charge in [0.25, 0.3) is 0 Å². The first-order valence-corrected chi connectivity index (χ1v) is 6.95. The summed E-state index contributed by atoms with van der Waals surface area (Å²) in [7, 11) is 1.82. The first-order valence-electron chi connectivity index (χ1n) is 6.16. The molecule has 0 N–H and O–H groups in total. The molecule has 0 amide bonds. The molecule has 0 aromatic carbocycles. The Hall–Kier alpha value is -0.0800. The van der Waals surface area contributed by atoms with Gasteiger partial charge >= 0.3 is 0 Å². The Morgan fingerprint density at radius 2 is 1.71 bits per heavy atom. The van der Waals surface area contributed by atoms with Crippen LogP contribution in [-0.4, -0.2) is 12.7 Å². The van der Waals surface area contributed by atoms with E-state index in [1.165, 1.54) is 0 Å². The van der Waals surface area contributed by atoms with E-state index < -0.39 is 0 Å². The number of methoxy groups -OCH3 is 1. The van der Waals surface area contributed by atoms with Gasteiger partial charge in [-0.15, -0.1) is 0 Å². The number of rotatable bonds is 1. The lowest BCUT2D eigenvalue weighted by Gasteiger charge is -2.52. The predicted molar refractivity (Wildman–Crippen MR) is 78.3 cm³/mol. The van der Waals surface area contributed by atoms with Crippen LogP contribution in [0.2, 0.25) is 0 Å². The number of halogens is 1. The van der Waals surface area contributed by atoms with Crippen LogP contribution in [0.1, 0.15) is 41.5 Å². The van der Waals surface area contributed by atoms with E-state index in [1.807, 2.05) is 7.11 Å². The van der Waals surface area contributed by atoms with Crippen molar-refractivity contribution in [1.29, 1.82) is 0 Å². The normalized spacial score (nSPS) is 30.4. The summed E-state index contributed by atoms with van der Waals surface area (Å²) < 4.78 is 7.13. The summed E-state index contributed by atoms with van der Waals surface area (Å²) in [4.78, 5) is 0. The van der Waals surface area contributed by atoms with Gasteiger partial charge in [-0.2, -0.15) is 0 Å². The monoisotopic (exact) mass is 300 g/mol. The highest BCUT2D eigenvalue weighted by molar-refractivity contribution is 9.11. The highest BCUT2D eigenvalue weighted by Crippen LogP contribution is 2.51. The topological polar surface area (TPSA) is 9.23 Å². The third-order valence-electron chi connectivity index (χ3n) is 3.72. The first-order chi connectivity index (χ1) is 7.54. The summed E-state index contributed by atoms with van der Waals surface area (Å²) in [5, 5.41) is 0. The Balaban J connectivity index is 3.34. The van der Waals surface area contributed by atoms with Gasteiger partial charge in [-0.3, -0.25) is 0 Å². The maximum Gasteiger partial charge on any atom is 0.0977 e. The fourth-order valence-corrected chi connectivity index (χ4v) is 3.15. The second-order valence-corrected chi connectivity index (χ2v) is 7.89. The van der Waals surface area contributed by atoms with Gasteiger partial charge in [-0.1, -0.05) is 69.6 Å². The van der Waals surface area contributed by atoms with Gasteiger partial charge in [0.15, 0.2) is 0 Å². The van der Waals surface area contributed by atoms with E-state index in [-0.39, 0.29) is 16.4 Å². The van der Waals surface area contributed by atoms with Crippen LogP contribution in [0.25, 0.3) is 0 Å². The molecule has 17 heavy (non-hydrogen) atoms. The largest absolute Gasteiger partial charge is 0.373 e. The molecule has 2 heteroatoms. The lowest BCUT2D eigenvalue weighted by molar-refractivity contribution is -0.109. The third-order valence-corrected chi connectivity index (χ3v) is 4.25. The van der Waals surface area contributed by atoms with Gasteiger partial charge in [0.05, 0.1) is 5.60 Å². The van der Waals surface area contributed by atoms with Gasteiger partial charge < -0.3 is 4.74 Å². The SMILES string of the molecule is COC1(C(C)(C)C)C=CC(Br)=CC1C(C)(C)C. The average Bonchev–Trinajstić information content (AvgIpc) is 2.14. The Morgan fingerprint density at radius 1 is 1.18 bits per heavy atom. The van der Waals surface area contributed by atoms with Crippen molar-refractivity contribution >= 4 is 15.9 Å². The summed E-state index contributed by atoms with van der Waals surface area (Å²) in [5.41, 5.74) is -0.0318. The highest BCUT2D eigenvalue weighted by Gasteiger charge is 2.51. The van der Waals surface area contributed by atoms with E-state index in [1.54, 1.807) is 0 Å². The predicted octanol–water partition coefficient (Wildman–Crippen LogP) is 4.93. The second kappa shape index (κ2) is 4.55. The van der Waals surface area contributed by atoms with Crippen LogP contribution < -0.4 is 0 Å². The lowest BCUT2D eigenvalue weighted by atomic mass is 9.59. The molecule has 0 fully saturated rings. The van der Waals surface area contributed by atoms with Crippen molar-refractivity contribution in [2.45, 2.75) is 47.1 Å². The number of hydrogen-bond acceptors (Lipinski definition) is 1. The summed E-state index contributed by atoms with van der Waals surface area (Å²) >= 11 is 3.59. The summed E-state index contributed by atoms with van der Waals surface area (Å²) in [6.45, 7) is 13.5. The highest BCUT2D eigenvalue weighted by atomic mass is 79.9. The van der Waals surface area contributed by atoms with Crippen LogP contribution in [0, 0.1) is 16.7 Å². The molecule has 1 aliphatic rings. The smallest absolute Gasteiger partial charge is 0.0977 e. The molecule has 2 atom stereocenters. The molecule has 98 valence electrons. The molecule has 0 aliphatic heterocycles. The first kappa shape index (κ1) is 15.0. The fourth-order valence-electron chi connectivity index (χ4n) is 2.76. The number of allylic oxidation sites excluding steroid dienone is 2. The van der Waals surface area contributed by atoms with Gasteiger partial charge in [-0.25, -0.2) is 0 Å². The van der Waals surface area contributed by atoms with Gasteiger partial charge in [0, 0.05) is 17.5 Å². The van der Waals surface area contributed by atoms with Crippen LogP contribution in [-0.2, 0) is 4.74 Å². The van der Waals surface area contributed by atoms with Gasteiger partial charge in [-0.05, 0) is 16.9 Å². The van der Waals surface area contributed by atoms with Crippen molar-refractivity contribution in [3.8, 4) is 0 Å². The maximum absolute atomic E-state index is 5.98. The van der Waals surface area contributed by atoms with Crippen LogP contribution in [0.4, 0.5) is 0 Å². The molecule has 0 bridgehead atoms. The van der Waals surface area contributed by atoms with Crippen LogP contribution in [0.5, 0.6) is 0 Å². The average molecular weight is 301 g/mol. The molecule has 0 radical (unpaired) electrons.